The van der Waals surface area contributed by atoms with E-state index in [1.165, 1.54) is 18.3 Å². The van der Waals surface area contributed by atoms with Crippen LogP contribution in [0.25, 0.3) is 0 Å². The highest BCUT2D eigenvalue weighted by atomic mass is 32.1. The Balaban J connectivity index is 1.90. The molecule has 0 bridgehead atoms. The van der Waals surface area contributed by atoms with Crippen LogP contribution in [0, 0.1) is 0 Å². The Morgan fingerprint density at radius 2 is 2.16 bits per heavy atom. The van der Waals surface area contributed by atoms with E-state index in [1.54, 1.807) is 0 Å². The van der Waals surface area contributed by atoms with Gasteiger partial charge in [0, 0.05) is 18.8 Å². The third kappa shape index (κ3) is 4.04. The molecule has 2 rings (SSSR count). The number of anilines is 1. The molecule has 1 aromatic carbocycles. The summed E-state index contributed by atoms with van der Waals surface area (Å²) in [5, 5.41) is 5.09. The van der Waals surface area contributed by atoms with Crippen molar-refractivity contribution in [3.8, 4) is 5.75 Å². The van der Waals surface area contributed by atoms with Gasteiger partial charge in [-0.1, -0.05) is 12.1 Å². The molecule has 1 aromatic heterocycles. The van der Waals surface area contributed by atoms with Gasteiger partial charge in [0.05, 0.1) is 5.69 Å². The first-order valence-corrected chi connectivity index (χ1v) is 6.69. The summed E-state index contributed by atoms with van der Waals surface area (Å²) in [4.78, 5) is 15.1. The van der Waals surface area contributed by atoms with E-state index >= 15 is 0 Å². The summed E-state index contributed by atoms with van der Waals surface area (Å²) in [5.74, 6) is 0.644. The van der Waals surface area contributed by atoms with Crippen molar-refractivity contribution in [2.45, 2.75) is 20.1 Å². The second-order valence-electron chi connectivity index (χ2n) is 3.96. The molecule has 0 aliphatic rings. The fraction of sp³-hybridized carbons (Fsp3) is 0.231. The summed E-state index contributed by atoms with van der Waals surface area (Å²) in [7, 11) is 0. The van der Waals surface area contributed by atoms with Crippen molar-refractivity contribution in [3.63, 3.8) is 0 Å². The van der Waals surface area contributed by atoms with Gasteiger partial charge in [0.1, 0.15) is 12.4 Å². The van der Waals surface area contributed by atoms with Crippen LogP contribution in [0.2, 0.25) is 0 Å². The Morgan fingerprint density at radius 3 is 2.79 bits per heavy atom. The highest BCUT2D eigenvalue weighted by Gasteiger charge is 2.04. The summed E-state index contributed by atoms with van der Waals surface area (Å²) in [6.07, 6.45) is 0. The first-order valence-electron chi connectivity index (χ1n) is 5.81. The lowest BCUT2D eigenvalue weighted by molar-refractivity contribution is -0.114. The predicted molar refractivity (Wildman–Crippen MR) is 75.1 cm³/mol. The van der Waals surface area contributed by atoms with Gasteiger partial charge in [0.15, 0.2) is 5.13 Å². The molecular weight excluding hydrogens is 262 g/mol. The fourth-order valence-electron chi connectivity index (χ4n) is 1.46. The van der Waals surface area contributed by atoms with Crippen LogP contribution >= 0.6 is 11.3 Å². The summed E-state index contributed by atoms with van der Waals surface area (Å²) in [6, 6.07) is 7.62. The molecule has 0 atom stereocenters. The minimum atomic E-state index is -0.126. The maximum atomic E-state index is 10.9. The van der Waals surface area contributed by atoms with Crippen LogP contribution in [0.3, 0.4) is 0 Å². The van der Waals surface area contributed by atoms with Crippen molar-refractivity contribution in [1.29, 1.82) is 0 Å². The zero-order valence-corrected chi connectivity index (χ0v) is 11.4. The van der Waals surface area contributed by atoms with Gasteiger partial charge >= 0.3 is 0 Å². The number of thiazole rings is 1. The Labute approximate surface area is 115 Å². The average molecular weight is 277 g/mol. The largest absolute Gasteiger partial charge is 0.487 e. The van der Waals surface area contributed by atoms with Gasteiger partial charge in [-0.05, 0) is 17.7 Å². The zero-order valence-electron chi connectivity index (χ0n) is 10.6. The molecule has 0 aliphatic carbocycles. The molecule has 1 heterocycles. The number of nitrogens with two attached hydrogens (primary N) is 1. The van der Waals surface area contributed by atoms with E-state index in [0.717, 1.165) is 17.0 Å². The van der Waals surface area contributed by atoms with Gasteiger partial charge in [0.25, 0.3) is 0 Å². The van der Waals surface area contributed by atoms with E-state index in [4.69, 9.17) is 10.5 Å². The molecule has 0 saturated heterocycles. The first kappa shape index (κ1) is 13.5. The Bertz CT molecular complexity index is 551. The number of aromatic nitrogens is 1. The lowest BCUT2D eigenvalue weighted by Gasteiger charge is -2.04. The molecule has 0 saturated carbocycles. The summed E-state index contributed by atoms with van der Waals surface area (Å²) in [6.45, 7) is 2.35. The van der Waals surface area contributed by atoms with E-state index in [1.807, 2.05) is 29.6 Å². The van der Waals surface area contributed by atoms with Crippen molar-refractivity contribution >= 4 is 22.4 Å². The van der Waals surface area contributed by atoms with Crippen LogP contribution in [0.1, 0.15) is 18.2 Å². The minimum absolute atomic E-state index is 0.126. The van der Waals surface area contributed by atoms with Gasteiger partial charge in [-0.15, -0.1) is 11.3 Å². The van der Waals surface area contributed by atoms with E-state index < -0.39 is 0 Å². The monoisotopic (exact) mass is 277 g/mol. The van der Waals surface area contributed by atoms with Crippen molar-refractivity contribution in [3.05, 3.63) is 40.9 Å². The van der Waals surface area contributed by atoms with E-state index in [0.29, 0.717) is 18.3 Å². The Hall–Kier alpha value is -1.92. The molecule has 3 N–H and O–H groups in total. The van der Waals surface area contributed by atoms with Crippen molar-refractivity contribution in [1.82, 2.24) is 4.98 Å². The summed E-state index contributed by atoms with van der Waals surface area (Å²) in [5.41, 5.74) is 7.38. The highest BCUT2D eigenvalue weighted by Crippen LogP contribution is 2.18. The topological polar surface area (TPSA) is 77.2 Å². The van der Waals surface area contributed by atoms with Crippen molar-refractivity contribution in [2.24, 2.45) is 5.73 Å². The first-order chi connectivity index (χ1) is 9.17. The number of nitrogens with one attached hydrogen (secondary N) is 1. The molecule has 19 heavy (non-hydrogen) atoms. The second kappa shape index (κ2) is 6.31. The lowest BCUT2D eigenvalue weighted by Crippen LogP contribution is -2.05. The lowest BCUT2D eigenvalue weighted by atomic mass is 10.2. The Morgan fingerprint density at radius 1 is 1.42 bits per heavy atom. The SMILES string of the molecule is CC(=O)Nc1nc(COc2ccc(CN)cc2)cs1. The minimum Gasteiger partial charge on any atom is -0.487 e. The van der Waals surface area contributed by atoms with Crippen LogP contribution < -0.4 is 15.8 Å². The molecule has 5 nitrogen and oxygen atoms in total. The normalized spacial score (nSPS) is 10.2. The molecule has 0 aliphatic heterocycles. The van der Waals surface area contributed by atoms with E-state index in [2.05, 4.69) is 10.3 Å². The smallest absolute Gasteiger partial charge is 0.223 e. The molecule has 1 amide bonds. The number of carbonyl (C=O) groups is 1. The molecule has 6 heteroatoms. The maximum absolute atomic E-state index is 10.9. The van der Waals surface area contributed by atoms with Gasteiger partial charge in [-0.2, -0.15) is 0 Å². The fourth-order valence-corrected chi connectivity index (χ4v) is 2.20. The van der Waals surface area contributed by atoms with Crippen LogP contribution in [-0.4, -0.2) is 10.9 Å². The quantitative estimate of drug-likeness (QED) is 0.877. The third-order valence-corrected chi connectivity index (χ3v) is 3.19. The number of nitrogens with zero attached hydrogens (tertiary/aromatic N) is 1. The van der Waals surface area contributed by atoms with Gasteiger partial charge in [-0.25, -0.2) is 4.98 Å². The molecule has 0 spiro atoms. The second-order valence-corrected chi connectivity index (χ2v) is 4.82. The number of benzene rings is 1. The van der Waals surface area contributed by atoms with E-state index in [-0.39, 0.29) is 5.91 Å². The van der Waals surface area contributed by atoms with Crippen LogP contribution in [0.4, 0.5) is 5.13 Å². The number of amides is 1. The maximum Gasteiger partial charge on any atom is 0.223 e. The van der Waals surface area contributed by atoms with Crippen LogP contribution in [-0.2, 0) is 17.9 Å². The molecule has 0 unspecified atom stereocenters. The number of carbonyl (C=O) groups excluding carboxylic acids is 1. The highest BCUT2D eigenvalue weighted by molar-refractivity contribution is 7.13. The summed E-state index contributed by atoms with van der Waals surface area (Å²) >= 11 is 1.38. The molecule has 100 valence electrons. The molecular formula is C13H15N3O2S. The van der Waals surface area contributed by atoms with Crippen LogP contribution in [0.5, 0.6) is 5.75 Å². The number of hydrogen-bond acceptors (Lipinski definition) is 5. The van der Waals surface area contributed by atoms with Crippen molar-refractivity contribution in [2.75, 3.05) is 5.32 Å². The van der Waals surface area contributed by atoms with Gasteiger partial charge in [0.2, 0.25) is 5.91 Å². The average Bonchev–Trinajstić information content (AvgIpc) is 2.84. The number of ether oxygens (including phenoxy) is 1. The Kier molecular flexibility index (Phi) is 4.48. The number of rotatable bonds is 5. The molecule has 2 aromatic rings. The third-order valence-electron chi connectivity index (χ3n) is 2.38. The predicted octanol–water partition coefficient (Wildman–Crippen LogP) is 2.14. The van der Waals surface area contributed by atoms with Gasteiger partial charge in [-0.3, -0.25) is 4.79 Å². The molecule has 0 fully saturated rings. The van der Waals surface area contributed by atoms with Crippen LogP contribution in [0.15, 0.2) is 29.6 Å². The molecule has 0 radical (unpaired) electrons. The van der Waals surface area contributed by atoms with Gasteiger partial charge < -0.3 is 15.8 Å². The standard InChI is InChI=1S/C13H15N3O2S/c1-9(17)15-13-16-11(8-19-13)7-18-12-4-2-10(6-14)3-5-12/h2-5,8H,6-7,14H2,1H3,(H,15,16,17). The van der Waals surface area contributed by atoms with E-state index in [9.17, 15) is 4.79 Å². The number of hydrogen-bond donors (Lipinski definition) is 2. The summed E-state index contributed by atoms with van der Waals surface area (Å²) < 4.78 is 5.60. The zero-order chi connectivity index (χ0) is 13.7. The van der Waals surface area contributed by atoms with Crippen molar-refractivity contribution < 1.29 is 9.53 Å².